The summed E-state index contributed by atoms with van der Waals surface area (Å²) in [5.41, 5.74) is -0.626. The fourth-order valence-electron chi connectivity index (χ4n) is 2.71. The molecular weight excluding hydrogens is 356 g/mol. The van der Waals surface area contributed by atoms with Gasteiger partial charge in [-0.3, -0.25) is 19.1 Å². The molecule has 0 amide bonds. The highest BCUT2D eigenvalue weighted by molar-refractivity contribution is 9.08. The highest BCUT2D eigenvalue weighted by atomic mass is 79.9. The van der Waals surface area contributed by atoms with Crippen LogP contribution in [-0.2, 0) is 19.6 Å². The zero-order valence-corrected chi connectivity index (χ0v) is 14.3. The number of ether oxygens (including phenoxy) is 2. The normalized spacial score (nSPS) is 27.8. The third-order valence-corrected chi connectivity index (χ3v) is 4.47. The van der Waals surface area contributed by atoms with E-state index >= 15 is 0 Å². The van der Waals surface area contributed by atoms with Crippen LogP contribution in [0.5, 0.6) is 0 Å². The van der Waals surface area contributed by atoms with Gasteiger partial charge < -0.3 is 9.47 Å². The van der Waals surface area contributed by atoms with E-state index in [2.05, 4.69) is 20.9 Å². The van der Waals surface area contributed by atoms with Crippen molar-refractivity contribution in [3.05, 3.63) is 32.6 Å². The molecule has 2 heterocycles. The maximum atomic E-state index is 12.1. The van der Waals surface area contributed by atoms with Gasteiger partial charge in [-0.05, 0) is 6.42 Å². The van der Waals surface area contributed by atoms with Crippen LogP contribution in [0.2, 0.25) is 0 Å². The Hall–Kier alpha value is -1.41. The highest BCUT2D eigenvalue weighted by Crippen LogP contribution is 2.36. The van der Waals surface area contributed by atoms with Crippen molar-refractivity contribution in [2.45, 2.75) is 51.0 Å². The summed E-state index contributed by atoms with van der Waals surface area (Å²) in [6, 6.07) is 0. The van der Waals surface area contributed by atoms with Gasteiger partial charge in [0.15, 0.2) is 12.3 Å². The maximum absolute atomic E-state index is 12.1. The van der Waals surface area contributed by atoms with Crippen LogP contribution in [0.3, 0.4) is 0 Å². The fourth-order valence-corrected chi connectivity index (χ4v) is 3.11. The van der Waals surface area contributed by atoms with Gasteiger partial charge in [-0.25, -0.2) is 4.79 Å². The lowest BCUT2D eigenvalue weighted by Crippen LogP contribution is -2.38. The van der Waals surface area contributed by atoms with E-state index in [9.17, 15) is 14.4 Å². The topological polar surface area (TPSA) is 90.4 Å². The molecule has 1 aromatic rings. The number of alkyl halides is 1. The van der Waals surface area contributed by atoms with Crippen LogP contribution in [0.15, 0.2) is 15.8 Å². The number of nitrogens with zero attached hydrogens (tertiary/aromatic N) is 1. The van der Waals surface area contributed by atoms with Crippen LogP contribution in [0.25, 0.3) is 0 Å². The summed E-state index contributed by atoms with van der Waals surface area (Å²) in [7, 11) is 0. The monoisotopic (exact) mass is 374 g/mol. The average molecular weight is 375 g/mol. The second-order valence-electron chi connectivity index (χ2n) is 5.36. The number of aromatic nitrogens is 2. The molecule has 1 N–H and O–H groups in total. The Kier molecular flexibility index (Phi) is 5.23. The minimum atomic E-state index is -0.744. The summed E-state index contributed by atoms with van der Waals surface area (Å²) in [4.78, 5) is 37.4. The number of aromatic amines is 1. The molecular formula is C14H19BrN2O5. The summed E-state index contributed by atoms with van der Waals surface area (Å²) in [6.45, 7) is 5.21. The zero-order chi connectivity index (χ0) is 16.4. The van der Waals surface area contributed by atoms with E-state index in [4.69, 9.17) is 9.47 Å². The fraction of sp³-hybridized carbons (Fsp3) is 0.643. The van der Waals surface area contributed by atoms with Crippen molar-refractivity contribution in [1.82, 2.24) is 9.55 Å². The Balaban J connectivity index is 2.46. The van der Waals surface area contributed by atoms with Gasteiger partial charge in [-0.15, -0.1) is 0 Å². The number of hydrogen-bond acceptors (Lipinski definition) is 5. The largest absolute Gasteiger partial charge is 0.457 e. The second-order valence-corrected chi connectivity index (χ2v) is 5.92. The van der Waals surface area contributed by atoms with Gasteiger partial charge in [0.05, 0.1) is 6.10 Å². The number of carbonyl (C=O) groups excluding carboxylic acids is 1. The number of H-pyrrole nitrogens is 1. The van der Waals surface area contributed by atoms with Crippen molar-refractivity contribution in [2.24, 2.45) is 5.92 Å². The Labute approximate surface area is 135 Å². The van der Waals surface area contributed by atoms with Gasteiger partial charge in [0.2, 0.25) is 0 Å². The summed E-state index contributed by atoms with van der Waals surface area (Å²) in [6.07, 6.45) is 0.738. The SMILES string of the molecule is CC[C@H]1O[C@@H](n2cc(CBr)c(=O)[nH]c2=O)C(OC(C)=O)[C@H]1C. The first kappa shape index (κ1) is 17.0. The predicted octanol–water partition coefficient (Wildman–Crippen LogP) is 1.31. The van der Waals surface area contributed by atoms with Crippen LogP contribution < -0.4 is 11.2 Å². The van der Waals surface area contributed by atoms with Crippen LogP contribution in [0, 0.1) is 5.92 Å². The molecule has 1 aliphatic rings. The van der Waals surface area contributed by atoms with Crippen LogP contribution >= 0.6 is 15.9 Å². The number of carbonyl (C=O) groups is 1. The molecule has 2 rings (SSSR count). The van der Waals surface area contributed by atoms with Crippen molar-refractivity contribution in [3.8, 4) is 0 Å². The lowest BCUT2D eigenvalue weighted by Gasteiger charge is -2.22. The quantitative estimate of drug-likeness (QED) is 0.633. The standard InChI is InChI=1S/C14H19BrN2O5/c1-4-10-7(2)11(21-8(3)18)13(22-10)17-6-9(5-15)12(19)16-14(17)20/h6-7,10-11,13H,4-5H2,1-3H3,(H,16,19,20)/t7-,10+,11?,13+/m0/s1. The van der Waals surface area contributed by atoms with E-state index in [-0.39, 0.29) is 12.0 Å². The van der Waals surface area contributed by atoms with Gasteiger partial charge in [0.1, 0.15) is 0 Å². The second kappa shape index (κ2) is 6.78. The van der Waals surface area contributed by atoms with Crippen molar-refractivity contribution >= 4 is 21.9 Å². The Morgan fingerprint density at radius 3 is 2.73 bits per heavy atom. The Bertz CT molecular complexity index is 668. The third-order valence-electron chi connectivity index (χ3n) is 3.86. The smallest absolute Gasteiger partial charge is 0.330 e. The van der Waals surface area contributed by atoms with E-state index in [0.29, 0.717) is 10.9 Å². The van der Waals surface area contributed by atoms with Gasteiger partial charge in [-0.2, -0.15) is 0 Å². The lowest BCUT2D eigenvalue weighted by atomic mass is 9.98. The zero-order valence-electron chi connectivity index (χ0n) is 12.7. The summed E-state index contributed by atoms with van der Waals surface area (Å²) < 4.78 is 12.5. The Morgan fingerprint density at radius 2 is 2.18 bits per heavy atom. The first-order valence-corrected chi connectivity index (χ1v) is 8.24. The minimum absolute atomic E-state index is 0.0508. The van der Waals surface area contributed by atoms with Crippen LogP contribution in [0.1, 0.15) is 39.0 Å². The maximum Gasteiger partial charge on any atom is 0.330 e. The molecule has 7 nitrogen and oxygen atoms in total. The van der Waals surface area contributed by atoms with Gasteiger partial charge in [0, 0.05) is 29.9 Å². The molecule has 0 spiro atoms. The van der Waals surface area contributed by atoms with Crippen LogP contribution in [-0.4, -0.2) is 27.7 Å². The van der Waals surface area contributed by atoms with E-state index in [1.807, 2.05) is 13.8 Å². The van der Waals surface area contributed by atoms with Crippen LogP contribution in [0.4, 0.5) is 0 Å². The molecule has 0 saturated carbocycles. The van der Waals surface area contributed by atoms with E-state index < -0.39 is 29.6 Å². The number of hydrogen-bond donors (Lipinski definition) is 1. The minimum Gasteiger partial charge on any atom is -0.457 e. The van der Waals surface area contributed by atoms with E-state index in [0.717, 1.165) is 6.42 Å². The molecule has 0 radical (unpaired) electrons. The van der Waals surface area contributed by atoms with Crippen molar-refractivity contribution < 1.29 is 14.3 Å². The van der Waals surface area contributed by atoms with Crippen molar-refractivity contribution in [2.75, 3.05) is 0 Å². The number of halogens is 1. The van der Waals surface area contributed by atoms with Crippen molar-refractivity contribution in [1.29, 1.82) is 0 Å². The molecule has 1 saturated heterocycles. The number of esters is 1. The van der Waals surface area contributed by atoms with E-state index in [1.165, 1.54) is 17.7 Å². The molecule has 1 aliphatic heterocycles. The third kappa shape index (κ3) is 3.17. The average Bonchev–Trinajstić information content (AvgIpc) is 2.75. The molecule has 8 heteroatoms. The number of nitrogens with one attached hydrogen (secondary N) is 1. The first-order valence-electron chi connectivity index (χ1n) is 7.12. The molecule has 122 valence electrons. The van der Waals surface area contributed by atoms with E-state index in [1.54, 1.807) is 0 Å². The summed E-state index contributed by atoms with van der Waals surface area (Å²) in [5.74, 6) is -0.481. The lowest BCUT2D eigenvalue weighted by molar-refractivity contribution is -0.153. The first-order chi connectivity index (χ1) is 10.4. The molecule has 0 bridgehead atoms. The summed E-state index contributed by atoms with van der Waals surface area (Å²) in [5, 5.41) is 0.306. The highest BCUT2D eigenvalue weighted by Gasteiger charge is 2.44. The molecule has 1 fully saturated rings. The molecule has 1 aromatic heterocycles. The predicted molar refractivity (Wildman–Crippen MR) is 82.9 cm³/mol. The van der Waals surface area contributed by atoms with Gasteiger partial charge in [0.25, 0.3) is 5.56 Å². The molecule has 22 heavy (non-hydrogen) atoms. The summed E-state index contributed by atoms with van der Waals surface area (Å²) >= 11 is 3.21. The number of rotatable bonds is 4. The molecule has 0 aromatic carbocycles. The van der Waals surface area contributed by atoms with Crippen molar-refractivity contribution in [3.63, 3.8) is 0 Å². The van der Waals surface area contributed by atoms with Gasteiger partial charge in [-0.1, -0.05) is 29.8 Å². The molecule has 1 unspecified atom stereocenters. The Morgan fingerprint density at radius 1 is 1.50 bits per heavy atom. The molecule has 4 atom stereocenters. The molecule has 0 aliphatic carbocycles. The van der Waals surface area contributed by atoms with Gasteiger partial charge >= 0.3 is 11.7 Å².